The molecule has 2 aliphatic rings. The van der Waals surface area contributed by atoms with Crippen LogP contribution in [0, 0.1) is 5.92 Å². The van der Waals surface area contributed by atoms with E-state index in [2.05, 4.69) is 10.6 Å². The van der Waals surface area contributed by atoms with E-state index in [-0.39, 0.29) is 22.6 Å². The summed E-state index contributed by atoms with van der Waals surface area (Å²) >= 11 is 1.57. The van der Waals surface area contributed by atoms with Crippen molar-refractivity contribution >= 4 is 29.5 Å². The van der Waals surface area contributed by atoms with Crippen LogP contribution in [0.3, 0.4) is 0 Å². The monoisotopic (exact) mass is 359 g/mol. The van der Waals surface area contributed by atoms with Gasteiger partial charge in [-0.25, -0.2) is 0 Å². The van der Waals surface area contributed by atoms with E-state index in [1.54, 1.807) is 16.7 Å². The lowest BCUT2D eigenvalue weighted by atomic mass is 10.00. The first-order valence-corrected chi connectivity index (χ1v) is 8.84. The van der Waals surface area contributed by atoms with Crippen LogP contribution < -0.4 is 22.1 Å². The smallest absolute Gasteiger partial charge is 0.242 e. The van der Waals surface area contributed by atoms with Crippen molar-refractivity contribution in [2.75, 3.05) is 25.4 Å². The normalized spacial score (nSPS) is 24.5. The molecule has 10 heteroatoms. The molecule has 3 atom stereocenters. The molecule has 2 fully saturated rings. The first-order valence-electron chi connectivity index (χ1n) is 7.85. The lowest BCUT2D eigenvalue weighted by Gasteiger charge is -2.48. The molecule has 0 saturated carbocycles. The summed E-state index contributed by atoms with van der Waals surface area (Å²) in [4.78, 5) is 36.8. The summed E-state index contributed by atoms with van der Waals surface area (Å²) in [7, 11) is 0. The van der Waals surface area contributed by atoms with Crippen molar-refractivity contribution < 1.29 is 19.5 Å². The molecule has 0 aromatic carbocycles. The molecule has 7 N–H and O–H groups in total. The Morgan fingerprint density at radius 1 is 1.42 bits per heavy atom. The van der Waals surface area contributed by atoms with Crippen LogP contribution in [-0.2, 0) is 14.4 Å². The zero-order chi connectivity index (χ0) is 18.1. The number of hydrogen-bond acceptors (Lipinski definition) is 7. The summed E-state index contributed by atoms with van der Waals surface area (Å²) < 4.78 is 0. The quantitative estimate of drug-likeness (QED) is 0.343. The van der Waals surface area contributed by atoms with Gasteiger partial charge in [-0.3, -0.25) is 19.7 Å². The van der Waals surface area contributed by atoms with Crippen molar-refractivity contribution in [2.45, 2.75) is 36.8 Å². The number of nitrogens with two attached hydrogens (primary N) is 2. The van der Waals surface area contributed by atoms with Gasteiger partial charge in [0.25, 0.3) is 0 Å². The molecule has 1 spiro atoms. The molecule has 1 unspecified atom stereocenters. The van der Waals surface area contributed by atoms with Gasteiger partial charge < -0.3 is 26.8 Å². The number of carbonyl (C=O) groups excluding carboxylic acids is 3. The van der Waals surface area contributed by atoms with Crippen LogP contribution in [0.15, 0.2) is 0 Å². The van der Waals surface area contributed by atoms with Crippen molar-refractivity contribution in [3.05, 3.63) is 0 Å². The van der Waals surface area contributed by atoms with Crippen molar-refractivity contribution in [3.8, 4) is 0 Å². The van der Waals surface area contributed by atoms with Crippen LogP contribution in [0.5, 0.6) is 0 Å². The van der Waals surface area contributed by atoms with Gasteiger partial charge >= 0.3 is 0 Å². The number of likely N-dealkylation sites (tertiary alicyclic amines) is 1. The number of nitrogens with zero attached hydrogens (tertiary/aromatic N) is 1. The highest BCUT2D eigenvalue weighted by Gasteiger charge is 2.52. The number of nitrogens with one attached hydrogen (secondary N) is 2. The third-order valence-corrected chi connectivity index (χ3v) is 5.76. The molecule has 24 heavy (non-hydrogen) atoms. The van der Waals surface area contributed by atoms with Gasteiger partial charge in [0.1, 0.15) is 10.9 Å². The van der Waals surface area contributed by atoms with Gasteiger partial charge in [-0.1, -0.05) is 13.8 Å². The standard InChI is InChI=1S/C14H25N5O4S/c1-7(2)10(15)13(23)19-5-14(6-19)18-9(4-24-14)12(22)17-8(3-20)11(16)21/h7-10,18,20H,3-6,15H2,1-2H3,(H2,16,21)(H,17,22)/t8-,9?,10-/m0/s1. The van der Waals surface area contributed by atoms with Crippen molar-refractivity contribution in [3.63, 3.8) is 0 Å². The highest BCUT2D eigenvalue weighted by atomic mass is 32.2. The van der Waals surface area contributed by atoms with Crippen LogP contribution in [0.2, 0.25) is 0 Å². The fourth-order valence-electron chi connectivity index (χ4n) is 2.67. The molecule has 0 aliphatic carbocycles. The highest BCUT2D eigenvalue weighted by molar-refractivity contribution is 8.01. The Bertz CT molecular complexity index is 523. The van der Waals surface area contributed by atoms with Crippen LogP contribution in [-0.4, -0.2) is 76.2 Å². The van der Waals surface area contributed by atoms with E-state index in [4.69, 9.17) is 16.6 Å². The Labute approximate surface area is 144 Å². The van der Waals surface area contributed by atoms with Gasteiger partial charge in [0, 0.05) is 5.75 Å². The third kappa shape index (κ3) is 3.82. The van der Waals surface area contributed by atoms with Gasteiger partial charge in [0.05, 0.1) is 31.8 Å². The van der Waals surface area contributed by atoms with Crippen LogP contribution in [0.1, 0.15) is 13.8 Å². The zero-order valence-corrected chi connectivity index (χ0v) is 14.6. The van der Waals surface area contributed by atoms with Gasteiger partial charge in [0.2, 0.25) is 17.7 Å². The fourth-order valence-corrected chi connectivity index (χ4v) is 4.11. The minimum atomic E-state index is -1.09. The second kappa shape index (κ2) is 7.26. The second-order valence-corrected chi connectivity index (χ2v) is 8.02. The van der Waals surface area contributed by atoms with E-state index in [0.29, 0.717) is 18.8 Å². The van der Waals surface area contributed by atoms with E-state index in [1.165, 1.54) is 0 Å². The first-order chi connectivity index (χ1) is 11.2. The summed E-state index contributed by atoms with van der Waals surface area (Å²) in [5.41, 5.74) is 11.0. The lowest BCUT2D eigenvalue weighted by molar-refractivity contribution is -0.139. The number of rotatable bonds is 6. The molecule has 3 amide bonds. The minimum Gasteiger partial charge on any atom is -0.394 e. The molecule has 2 rings (SSSR count). The van der Waals surface area contributed by atoms with E-state index in [1.807, 2.05) is 13.8 Å². The second-order valence-electron chi connectivity index (χ2n) is 6.61. The summed E-state index contributed by atoms with van der Waals surface area (Å²) in [6.45, 7) is 4.23. The topological polar surface area (TPSA) is 151 Å². The Balaban J connectivity index is 1.85. The number of carbonyl (C=O) groups is 3. The predicted molar refractivity (Wildman–Crippen MR) is 89.7 cm³/mol. The molecule has 136 valence electrons. The maximum atomic E-state index is 12.2. The maximum Gasteiger partial charge on any atom is 0.242 e. The highest BCUT2D eigenvalue weighted by Crippen LogP contribution is 2.38. The SMILES string of the molecule is CC(C)[C@H](N)C(=O)N1CC2(C1)NC(C(=O)N[C@@H](CO)C(N)=O)CS2. The molecule has 2 heterocycles. The molecular formula is C14H25N5O4S. The summed E-state index contributed by atoms with van der Waals surface area (Å²) in [6.07, 6.45) is 0. The van der Waals surface area contributed by atoms with Crippen LogP contribution >= 0.6 is 11.8 Å². The van der Waals surface area contributed by atoms with Gasteiger partial charge in [-0.05, 0) is 5.92 Å². The first kappa shape index (κ1) is 19.0. The summed E-state index contributed by atoms with van der Waals surface area (Å²) in [6, 6.07) is -2.11. The molecule has 0 bridgehead atoms. The summed E-state index contributed by atoms with van der Waals surface area (Å²) in [5.74, 6) is -0.669. The van der Waals surface area contributed by atoms with Gasteiger partial charge in [-0.15, -0.1) is 11.8 Å². The van der Waals surface area contributed by atoms with Crippen molar-refractivity contribution in [1.82, 2.24) is 15.5 Å². The van der Waals surface area contributed by atoms with E-state index in [9.17, 15) is 14.4 Å². The van der Waals surface area contributed by atoms with E-state index < -0.39 is 30.6 Å². The molecule has 9 nitrogen and oxygen atoms in total. The number of primary amides is 1. The summed E-state index contributed by atoms with van der Waals surface area (Å²) in [5, 5.41) is 14.7. The van der Waals surface area contributed by atoms with E-state index in [0.717, 1.165) is 0 Å². The molecule has 2 aliphatic heterocycles. The van der Waals surface area contributed by atoms with Crippen LogP contribution in [0.25, 0.3) is 0 Å². The van der Waals surface area contributed by atoms with Crippen molar-refractivity contribution in [2.24, 2.45) is 17.4 Å². The fraction of sp³-hybridized carbons (Fsp3) is 0.786. The molecule has 0 aromatic rings. The number of aliphatic hydroxyl groups is 1. The Morgan fingerprint density at radius 2 is 2.04 bits per heavy atom. The van der Waals surface area contributed by atoms with E-state index >= 15 is 0 Å². The number of amides is 3. The maximum absolute atomic E-state index is 12.2. The Hall–Kier alpha value is -1.36. The molecule has 2 saturated heterocycles. The lowest BCUT2D eigenvalue weighted by Crippen LogP contribution is -2.70. The third-order valence-electron chi connectivity index (χ3n) is 4.33. The van der Waals surface area contributed by atoms with Gasteiger partial charge in [-0.2, -0.15) is 0 Å². The number of hydrogen-bond donors (Lipinski definition) is 5. The Morgan fingerprint density at radius 3 is 2.54 bits per heavy atom. The number of aliphatic hydroxyl groups excluding tert-OH is 1. The Kier molecular flexibility index (Phi) is 5.74. The van der Waals surface area contributed by atoms with Crippen molar-refractivity contribution in [1.29, 1.82) is 0 Å². The minimum absolute atomic E-state index is 0.0704. The predicted octanol–water partition coefficient (Wildman–Crippen LogP) is -2.82. The van der Waals surface area contributed by atoms with Gasteiger partial charge in [0.15, 0.2) is 0 Å². The average molecular weight is 359 g/mol. The number of thioether (sulfide) groups is 1. The average Bonchev–Trinajstić information content (AvgIpc) is 2.94. The van der Waals surface area contributed by atoms with Crippen LogP contribution in [0.4, 0.5) is 0 Å². The largest absolute Gasteiger partial charge is 0.394 e. The molecule has 0 radical (unpaired) electrons. The zero-order valence-electron chi connectivity index (χ0n) is 13.8. The molecular weight excluding hydrogens is 334 g/mol. The molecule has 0 aromatic heterocycles.